The summed E-state index contributed by atoms with van der Waals surface area (Å²) < 4.78 is 6.23. The van der Waals surface area contributed by atoms with Crippen LogP contribution in [0.15, 0.2) is 27.0 Å². The third-order valence-corrected chi connectivity index (χ3v) is 2.80. The number of nitrogens with one attached hydrogen (secondary N) is 1. The molecule has 1 fully saturated rings. The molecule has 0 saturated carbocycles. The van der Waals surface area contributed by atoms with E-state index in [4.69, 9.17) is 10.3 Å². The molecule has 0 aromatic carbocycles. The number of nitrogens with zero attached hydrogens (tertiary/aromatic N) is 4. The van der Waals surface area contributed by atoms with E-state index in [0.717, 1.165) is 16.8 Å². The van der Waals surface area contributed by atoms with Crippen LogP contribution in [-0.4, -0.2) is 38.2 Å². The molecule has 1 aromatic rings. The van der Waals surface area contributed by atoms with E-state index >= 15 is 0 Å². The largest absolute Gasteiger partial charge is 0.393 e. The molecule has 102 valence electrons. The maximum absolute atomic E-state index is 11.6. The SMILES string of the molecule is [N-]=[N+]=N[C@@]1(CO)C[C@@H](O)[C@H](n2ccc(=O)[nH]c2=O)O1. The summed E-state index contributed by atoms with van der Waals surface area (Å²) in [4.78, 5) is 27.1. The number of aromatic nitrogens is 2. The van der Waals surface area contributed by atoms with Crippen molar-refractivity contribution in [1.82, 2.24) is 9.55 Å². The van der Waals surface area contributed by atoms with Crippen LogP contribution in [0.2, 0.25) is 0 Å². The van der Waals surface area contributed by atoms with Crippen molar-refractivity contribution >= 4 is 0 Å². The molecular weight excluding hydrogens is 258 g/mol. The molecule has 0 spiro atoms. The van der Waals surface area contributed by atoms with Crippen LogP contribution in [0, 0.1) is 0 Å². The van der Waals surface area contributed by atoms with Gasteiger partial charge in [-0.2, -0.15) is 0 Å². The number of azide groups is 1. The summed E-state index contributed by atoms with van der Waals surface area (Å²) >= 11 is 0. The third kappa shape index (κ3) is 2.37. The van der Waals surface area contributed by atoms with Gasteiger partial charge in [0.15, 0.2) is 12.0 Å². The van der Waals surface area contributed by atoms with E-state index in [2.05, 4.69) is 10.0 Å². The Morgan fingerprint density at radius 2 is 2.42 bits per heavy atom. The Hall–Kier alpha value is -2.13. The molecule has 0 amide bonds. The molecule has 0 radical (unpaired) electrons. The molecule has 10 nitrogen and oxygen atoms in total. The van der Waals surface area contributed by atoms with Crippen LogP contribution in [0.3, 0.4) is 0 Å². The number of hydrogen-bond acceptors (Lipinski definition) is 6. The van der Waals surface area contributed by atoms with Gasteiger partial charge in [0.2, 0.25) is 0 Å². The van der Waals surface area contributed by atoms with Gasteiger partial charge in [-0.25, -0.2) is 4.79 Å². The van der Waals surface area contributed by atoms with E-state index in [-0.39, 0.29) is 6.42 Å². The molecule has 1 aromatic heterocycles. The Bertz CT molecular complexity index is 632. The first-order valence-corrected chi connectivity index (χ1v) is 5.36. The number of hydrogen-bond donors (Lipinski definition) is 3. The Kier molecular flexibility index (Phi) is 3.40. The zero-order valence-corrected chi connectivity index (χ0v) is 9.63. The van der Waals surface area contributed by atoms with E-state index < -0.39 is 35.9 Å². The average Bonchev–Trinajstić information content (AvgIpc) is 2.68. The number of H-pyrrole nitrogens is 1. The second-order valence-electron chi connectivity index (χ2n) is 4.09. The molecule has 1 aliphatic heterocycles. The first-order chi connectivity index (χ1) is 9.01. The number of ether oxygens (including phenoxy) is 1. The minimum Gasteiger partial charge on any atom is -0.393 e. The van der Waals surface area contributed by atoms with Crippen LogP contribution in [0.1, 0.15) is 12.6 Å². The predicted molar refractivity (Wildman–Crippen MR) is 61.0 cm³/mol. The van der Waals surface area contributed by atoms with Gasteiger partial charge in [0.05, 0.1) is 6.61 Å². The van der Waals surface area contributed by atoms with Gasteiger partial charge >= 0.3 is 5.69 Å². The first kappa shape index (κ1) is 13.3. The van der Waals surface area contributed by atoms with Crippen molar-refractivity contribution < 1.29 is 14.9 Å². The quantitative estimate of drug-likeness (QED) is 0.358. The smallest absolute Gasteiger partial charge is 0.330 e. The fourth-order valence-corrected chi connectivity index (χ4v) is 1.93. The molecule has 19 heavy (non-hydrogen) atoms. The maximum atomic E-state index is 11.6. The van der Waals surface area contributed by atoms with Crippen LogP contribution in [0.5, 0.6) is 0 Å². The highest BCUT2D eigenvalue weighted by Crippen LogP contribution is 2.36. The molecular formula is C9H11N5O5. The van der Waals surface area contributed by atoms with E-state index in [9.17, 15) is 19.8 Å². The standard InChI is InChI=1S/C9H11N5O5/c10-13-12-9(4-15)3-5(16)7(19-9)14-2-1-6(17)11-8(14)18/h1-2,5,7,15-16H,3-4H2,(H,11,17,18)/t5-,7-,9+/m1/s1. The fourth-order valence-electron chi connectivity index (χ4n) is 1.93. The molecule has 10 heteroatoms. The Labute approximate surface area is 105 Å². The monoisotopic (exact) mass is 269 g/mol. The summed E-state index contributed by atoms with van der Waals surface area (Å²) in [5.74, 6) is 0. The van der Waals surface area contributed by atoms with Crippen molar-refractivity contribution in [2.45, 2.75) is 24.5 Å². The summed E-state index contributed by atoms with van der Waals surface area (Å²) in [7, 11) is 0. The third-order valence-electron chi connectivity index (χ3n) is 2.80. The second kappa shape index (κ2) is 4.86. The lowest BCUT2D eigenvalue weighted by molar-refractivity contribution is -0.107. The fraction of sp³-hybridized carbons (Fsp3) is 0.556. The van der Waals surface area contributed by atoms with E-state index in [1.54, 1.807) is 0 Å². The number of rotatable bonds is 3. The van der Waals surface area contributed by atoms with Crippen molar-refractivity contribution in [3.63, 3.8) is 0 Å². The summed E-state index contributed by atoms with van der Waals surface area (Å²) in [6.45, 7) is -0.636. The Morgan fingerprint density at radius 3 is 3.00 bits per heavy atom. The lowest BCUT2D eigenvalue weighted by Crippen LogP contribution is -2.35. The van der Waals surface area contributed by atoms with Crippen molar-refractivity contribution in [1.29, 1.82) is 0 Å². The number of aliphatic hydroxyl groups is 2. The van der Waals surface area contributed by atoms with Crippen molar-refractivity contribution in [3.05, 3.63) is 43.5 Å². The number of aliphatic hydroxyl groups excluding tert-OH is 2. The van der Waals surface area contributed by atoms with Gasteiger partial charge in [0.1, 0.15) is 6.10 Å². The number of aromatic amines is 1. The molecule has 0 unspecified atom stereocenters. The highest BCUT2D eigenvalue weighted by Gasteiger charge is 2.46. The lowest BCUT2D eigenvalue weighted by Gasteiger charge is -2.21. The van der Waals surface area contributed by atoms with Crippen LogP contribution in [0.4, 0.5) is 0 Å². The summed E-state index contributed by atoms with van der Waals surface area (Å²) in [5, 5.41) is 22.4. The summed E-state index contributed by atoms with van der Waals surface area (Å²) in [6, 6.07) is 1.09. The highest BCUT2D eigenvalue weighted by molar-refractivity contribution is 4.94. The van der Waals surface area contributed by atoms with E-state index in [1.807, 2.05) is 4.98 Å². The maximum Gasteiger partial charge on any atom is 0.330 e. The second-order valence-corrected chi connectivity index (χ2v) is 4.09. The molecule has 0 aliphatic carbocycles. The van der Waals surface area contributed by atoms with Gasteiger partial charge in [-0.1, -0.05) is 5.11 Å². The lowest BCUT2D eigenvalue weighted by atomic mass is 10.1. The van der Waals surface area contributed by atoms with Crippen LogP contribution >= 0.6 is 0 Å². The Balaban J connectivity index is 2.39. The molecule has 3 N–H and O–H groups in total. The average molecular weight is 269 g/mol. The molecule has 1 aliphatic rings. The molecule has 1 saturated heterocycles. The summed E-state index contributed by atoms with van der Waals surface area (Å²) in [5.41, 5.74) is 5.45. The normalized spacial score (nSPS) is 30.0. The van der Waals surface area contributed by atoms with Gasteiger partial charge in [0, 0.05) is 23.6 Å². The van der Waals surface area contributed by atoms with Gasteiger partial charge in [0.25, 0.3) is 5.56 Å². The van der Waals surface area contributed by atoms with Crippen molar-refractivity contribution in [3.8, 4) is 0 Å². The van der Waals surface area contributed by atoms with Gasteiger partial charge in [-0.3, -0.25) is 14.3 Å². The van der Waals surface area contributed by atoms with Crippen LogP contribution < -0.4 is 11.2 Å². The zero-order chi connectivity index (χ0) is 14.0. The minimum atomic E-state index is -1.62. The summed E-state index contributed by atoms with van der Waals surface area (Å²) in [6.07, 6.45) is -1.33. The highest BCUT2D eigenvalue weighted by atomic mass is 16.6. The van der Waals surface area contributed by atoms with Gasteiger partial charge in [-0.05, 0) is 5.53 Å². The van der Waals surface area contributed by atoms with Gasteiger partial charge < -0.3 is 14.9 Å². The zero-order valence-electron chi connectivity index (χ0n) is 9.63. The molecule has 0 bridgehead atoms. The molecule has 2 rings (SSSR count). The van der Waals surface area contributed by atoms with E-state index in [0.29, 0.717) is 0 Å². The van der Waals surface area contributed by atoms with Crippen LogP contribution in [0.25, 0.3) is 10.4 Å². The van der Waals surface area contributed by atoms with Crippen molar-refractivity contribution in [2.75, 3.05) is 6.61 Å². The Morgan fingerprint density at radius 1 is 1.68 bits per heavy atom. The van der Waals surface area contributed by atoms with Crippen molar-refractivity contribution in [2.24, 2.45) is 5.11 Å². The minimum absolute atomic E-state index is 0.163. The first-order valence-electron chi connectivity index (χ1n) is 5.36. The topological polar surface area (TPSA) is 153 Å². The van der Waals surface area contributed by atoms with E-state index in [1.165, 1.54) is 0 Å². The molecule has 3 atom stereocenters. The van der Waals surface area contributed by atoms with Gasteiger partial charge in [-0.15, -0.1) is 0 Å². The van der Waals surface area contributed by atoms with Crippen LogP contribution in [-0.2, 0) is 4.74 Å². The molecule has 2 heterocycles. The predicted octanol–water partition coefficient (Wildman–Crippen LogP) is -1.18.